The first-order chi connectivity index (χ1) is 8.60. The van der Waals surface area contributed by atoms with Crippen molar-refractivity contribution >= 4 is 17.0 Å². The number of hydrogen-bond acceptors (Lipinski definition) is 5. The lowest BCUT2D eigenvalue weighted by molar-refractivity contribution is 0.0522. The van der Waals surface area contributed by atoms with Crippen LogP contribution < -0.4 is 4.74 Å². The molecule has 0 atom stereocenters. The summed E-state index contributed by atoms with van der Waals surface area (Å²) in [4.78, 5) is 16.0. The molecule has 2 heterocycles. The molecule has 0 bridgehead atoms. The first-order valence-corrected chi connectivity index (χ1v) is 5.63. The van der Waals surface area contributed by atoms with Gasteiger partial charge in [0.15, 0.2) is 5.65 Å². The van der Waals surface area contributed by atoms with Crippen LogP contribution in [0.5, 0.6) is 5.75 Å². The molecular formula is C12H15N3O3. The van der Waals surface area contributed by atoms with Crippen molar-refractivity contribution in [1.82, 2.24) is 14.8 Å². The third-order valence-electron chi connectivity index (χ3n) is 2.68. The lowest BCUT2D eigenvalue weighted by Crippen LogP contribution is -2.08. The lowest BCUT2D eigenvalue weighted by atomic mass is 10.2. The number of hydrogen-bond donors (Lipinski definition) is 0. The van der Waals surface area contributed by atoms with Crippen LogP contribution in [-0.4, -0.2) is 34.5 Å². The number of pyridine rings is 1. The van der Waals surface area contributed by atoms with E-state index >= 15 is 0 Å². The fraction of sp³-hybridized carbons (Fsp3) is 0.417. The monoisotopic (exact) mass is 249 g/mol. The van der Waals surface area contributed by atoms with Crippen LogP contribution in [0.2, 0.25) is 0 Å². The van der Waals surface area contributed by atoms with Gasteiger partial charge in [0.1, 0.15) is 11.3 Å². The van der Waals surface area contributed by atoms with Crippen LogP contribution in [-0.2, 0) is 11.8 Å². The second-order valence-corrected chi connectivity index (χ2v) is 3.83. The van der Waals surface area contributed by atoms with Crippen molar-refractivity contribution < 1.29 is 14.3 Å². The minimum absolute atomic E-state index is 0.312. The Labute approximate surface area is 105 Å². The predicted octanol–water partition coefficient (Wildman–Crippen LogP) is 1.46. The Morgan fingerprint density at radius 3 is 2.83 bits per heavy atom. The summed E-state index contributed by atoms with van der Waals surface area (Å²) in [6.07, 6.45) is 1.46. The van der Waals surface area contributed by atoms with Crippen LogP contribution in [0.1, 0.15) is 23.0 Å². The van der Waals surface area contributed by atoms with Crippen LogP contribution in [0.25, 0.3) is 11.0 Å². The van der Waals surface area contributed by atoms with Crippen LogP contribution in [0, 0.1) is 6.92 Å². The van der Waals surface area contributed by atoms with Gasteiger partial charge in [0.2, 0.25) is 0 Å². The van der Waals surface area contributed by atoms with Crippen molar-refractivity contribution in [3.8, 4) is 5.75 Å². The lowest BCUT2D eigenvalue weighted by Gasteiger charge is -2.08. The maximum atomic E-state index is 11.8. The SMILES string of the molecule is CCOC(=O)c1cnc2c(c(C)nn2C)c1OC. The van der Waals surface area contributed by atoms with Crippen molar-refractivity contribution in [3.05, 3.63) is 17.5 Å². The molecule has 0 fully saturated rings. The molecule has 2 aromatic rings. The molecule has 0 aliphatic rings. The number of methoxy groups -OCH3 is 1. The molecule has 0 aromatic carbocycles. The van der Waals surface area contributed by atoms with Crippen molar-refractivity contribution in [3.63, 3.8) is 0 Å². The third-order valence-corrected chi connectivity index (χ3v) is 2.68. The molecule has 0 N–H and O–H groups in total. The van der Waals surface area contributed by atoms with Gasteiger partial charge in [-0.3, -0.25) is 4.68 Å². The van der Waals surface area contributed by atoms with Crippen LogP contribution >= 0.6 is 0 Å². The molecule has 2 rings (SSSR count). The molecule has 2 aromatic heterocycles. The highest BCUT2D eigenvalue weighted by molar-refractivity contribution is 5.99. The second kappa shape index (κ2) is 4.64. The van der Waals surface area contributed by atoms with E-state index in [4.69, 9.17) is 9.47 Å². The predicted molar refractivity (Wildman–Crippen MR) is 65.8 cm³/mol. The summed E-state index contributed by atoms with van der Waals surface area (Å²) in [6.45, 7) is 3.92. The Kier molecular flexibility index (Phi) is 3.18. The molecular weight excluding hydrogens is 234 g/mol. The van der Waals surface area contributed by atoms with Gasteiger partial charge in [-0.1, -0.05) is 0 Å². The Morgan fingerprint density at radius 2 is 2.22 bits per heavy atom. The number of fused-ring (bicyclic) bond motifs is 1. The fourth-order valence-corrected chi connectivity index (χ4v) is 1.95. The van der Waals surface area contributed by atoms with Gasteiger partial charge in [-0.2, -0.15) is 5.10 Å². The number of rotatable bonds is 3. The summed E-state index contributed by atoms with van der Waals surface area (Å²) < 4.78 is 12.0. The van der Waals surface area contributed by atoms with Gasteiger partial charge in [-0.25, -0.2) is 9.78 Å². The summed E-state index contributed by atoms with van der Waals surface area (Å²) in [5, 5.41) is 5.01. The molecule has 6 nitrogen and oxygen atoms in total. The van der Waals surface area contributed by atoms with Gasteiger partial charge >= 0.3 is 5.97 Å². The van der Waals surface area contributed by atoms with Gasteiger partial charge in [0.05, 0.1) is 24.8 Å². The smallest absolute Gasteiger partial charge is 0.343 e. The number of esters is 1. The highest BCUT2D eigenvalue weighted by Gasteiger charge is 2.21. The number of carbonyl (C=O) groups excluding carboxylic acids is 1. The highest BCUT2D eigenvalue weighted by atomic mass is 16.5. The first-order valence-electron chi connectivity index (χ1n) is 5.63. The Bertz CT molecular complexity index is 604. The van der Waals surface area contributed by atoms with Crippen LogP contribution in [0.15, 0.2) is 6.20 Å². The van der Waals surface area contributed by atoms with E-state index in [-0.39, 0.29) is 0 Å². The molecule has 96 valence electrons. The zero-order valence-electron chi connectivity index (χ0n) is 10.9. The number of ether oxygens (including phenoxy) is 2. The van der Waals surface area contributed by atoms with E-state index in [0.29, 0.717) is 23.6 Å². The van der Waals surface area contributed by atoms with Crippen molar-refractivity contribution in [2.45, 2.75) is 13.8 Å². The maximum Gasteiger partial charge on any atom is 0.343 e. The van der Waals surface area contributed by atoms with Gasteiger partial charge in [0, 0.05) is 13.2 Å². The molecule has 6 heteroatoms. The Balaban J connectivity index is 2.69. The number of carbonyl (C=O) groups is 1. The molecule has 0 spiro atoms. The number of aryl methyl sites for hydroxylation is 2. The van der Waals surface area contributed by atoms with Gasteiger partial charge in [0.25, 0.3) is 0 Å². The fourth-order valence-electron chi connectivity index (χ4n) is 1.95. The molecule has 0 saturated carbocycles. The number of nitrogens with zero attached hydrogens (tertiary/aromatic N) is 3. The summed E-state index contributed by atoms with van der Waals surface area (Å²) >= 11 is 0. The minimum atomic E-state index is -0.438. The maximum absolute atomic E-state index is 11.8. The second-order valence-electron chi connectivity index (χ2n) is 3.83. The van der Waals surface area contributed by atoms with E-state index in [1.165, 1.54) is 13.3 Å². The Morgan fingerprint density at radius 1 is 1.50 bits per heavy atom. The van der Waals surface area contributed by atoms with Gasteiger partial charge < -0.3 is 9.47 Å². The van der Waals surface area contributed by atoms with Gasteiger partial charge in [-0.15, -0.1) is 0 Å². The molecule has 18 heavy (non-hydrogen) atoms. The van der Waals surface area contributed by atoms with Crippen molar-refractivity contribution in [2.75, 3.05) is 13.7 Å². The van der Waals surface area contributed by atoms with Crippen LogP contribution in [0.4, 0.5) is 0 Å². The molecule has 0 saturated heterocycles. The average Bonchev–Trinajstić information content (AvgIpc) is 2.64. The zero-order valence-corrected chi connectivity index (χ0v) is 10.9. The third kappa shape index (κ3) is 1.79. The summed E-state index contributed by atoms with van der Waals surface area (Å²) in [7, 11) is 3.32. The topological polar surface area (TPSA) is 66.2 Å². The first kappa shape index (κ1) is 12.3. The summed E-state index contributed by atoms with van der Waals surface area (Å²) in [5.74, 6) is 0.0241. The van der Waals surface area contributed by atoms with Crippen molar-refractivity contribution in [1.29, 1.82) is 0 Å². The van der Waals surface area contributed by atoms with Gasteiger partial charge in [-0.05, 0) is 13.8 Å². The number of aromatic nitrogens is 3. The average molecular weight is 249 g/mol. The highest BCUT2D eigenvalue weighted by Crippen LogP contribution is 2.30. The van der Waals surface area contributed by atoms with E-state index in [2.05, 4.69) is 10.1 Å². The van der Waals surface area contributed by atoms with E-state index in [0.717, 1.165) is 11.1 Å². The van der Waals surface area contributed by atoms with E-state index in [1.54, 1.807) is 18.7 Å². The molecule has 0 radical (unpaired) electrons. The molecule has 0 aliphatic carbocycles. The quantitative estimate of drug-likeness (QED) is 0.770. The summed E-state index contributed by atoms with van der Waals surface area (Å²) in [6, 6.07) is 0. The molecule has 0 aliphatic heterocycles. The molecule has 0 amide bonds. The summed E-state index contributed by atoms with van der Waals surface area (Å²) in [5.41, 5.74) is 1.77. The van der Waals surface area contributed by atoms with Crippen molar-refractivity contribution in [2.24, 2.45) is 7.05 Å². The zero-order chi connectivity index (χ0) is 13.3. The standard InChI is InChI=1S/C12H15N3O3/c1-5-18-12(16)8-6-13-11-9(10(8)17-4)7(2)14-15(11)3/h6H,5H2,1-4H3. The van der Waals surface area contributed by atoms with E-state index in [1.807, 2.05) is 6.92 Å². The Hall–Kier alpha value is -2.11. The minimum Gasteiger partial charge on any atom is -0.495 e. The van der Waals surface area contributed by atoms with E-state index < -0.39 is 5.97 Å². The largest absolute Gasteiger partial charge is 0.495 e. The normalized spacial score (nSPS) is 10.7. The van der Waals surface area contributed by atoms with E-state index in [9.17, 15) is 4.79 Å². The molecule has 0 unspecified atom stereocenters. The van der Waals surface area contributed by atoms with Crippen LogP contribution in [0.3, 0.4) is 0 Å².